The lowest BCUT2D eigenvalue weighted by Gasteiger charge is -2.12. The molecular formula is C10H20N2O. The van der Waals surface area contributed by atoms with E-state index >= 15 is 0 Å². The number of amides is 1. The zero-order chi connectivity index (χ0) is 9.36. The summed E-state index contributed by atoms with van der Waals surface area (Å²) in [6.45, 7) is 3.20. The maximum atomic E-state index is 9.99. The van der Waals surface area contributed by atoms with Gasteiger partial charge in [0.1, 0.15) is 0 Å². The summed E-state index contributed by atoms with van der Waals surface area (Å²) in [5.41, 5.74) is 0. The van der Waals surface area contributed by atoms with Crippen LogP contribution in [-0.2, 0) is 4.79 Å². The van der Waals surface area contributed by atoms with E-state index in [1.807, 2.05) is 0 Å². The highest BCUT2D eigenvalue weighted by atomic mass is 16.1. The summed E-state index contributed by atoms with van der Waals surface area (Å²) in [6, 6.07) is 0. The van der Waals surface area contributed by atoms with Crippen LogP contribution < -0.4 is 10.6 Å². The molecule has 0 aromatic carbocycles. The van der Waals surface area contributed by atoms with Crippen LogP contribution in [0.15, 0.2) is 0 Å². The van der Waals surface area contributed by atoms with Crippen LogP contribution in [0.1, 0.15) is 32.1 Å². The van der Waals surface area contributed by atoms with Crippen LogP contribution in [0.2, 0.25) is 0 Å². The Labute approximate surface area is 80.3 Å². The number of carbonyl (C=O) groups is 1. The van der Waals surface area contributed by atoms with Gasteiger partial charge in [-0.3, -0.25) is 4.79 Å². The van der Waals surface area contributed by atoms with E-state index in [2.05, 4.69) is 10.6 Å². The maximum absolute atomic E-state index is 9.99. The molecule has 2 N–H and O–H groups in total. The van der Waals surface area contributed by atoms with Crippen LogP contribution in [0.5, 0.6) is 0 Å². The summed E-state index contributed by atoms with van der Waals surface area (Å²) in [5.74, 6) is 0.878. The molecule has 1 saturated heterocycles. The normalized spacial score (nSPS) is 23.5. The van der Waals surface area contributed by atoms with Crippen LogP contribution in [0, 0.1) is 5.92 Å². The second-order valence-corrected chi connectivity index (χ2v) is 3.76. The van der Waals surface area contributed by atoms with Crippen molar-refractivity contribution in [2.24, 2.45) is 5.92 Å². The van der Waals surface area contributed by atoms with Gasteiger partial charge < -0.3 is 10.6 Å². The summed E-state index contributed by atoms with van der Waals surface area (Å²) in [5, 5.41) is 6.11. The van der Waals surface area contributed by atoms with Crippen molar-refractivity contribution in [3.05, 3.63) is 0 Å². The van der Waals surface area contributed by atoms with Crippen LogP contribution in [0.25, 0.3) is 0 Å². The maximum Gasteiger partial charge on any atom is 0.207 e. The fourth-order valence-corrected chi connectivity index (χ4v) is 1.93. The molecule has 3 heteroatoms. The van der Waals surface area contributed by atoms with Crippen LogP contribution in [-0.4, -0.2) is 26.0 Å². The molecule has 0 aromatic heterocycles. The van der Waals surface area contributed by atoms with Crippen molar-refractivity contribution in [2.45, 2.75) is 32.1 Å². The largest absolute Gasteiger partial charge is 0.359 e. The molecule has 0 aliphatic carbocycles. The Bertz CT molecular complexity index is 131. The molecule has 0 radical (unpaired) electrons. The van der Waals surface area contributed by atoms with Crippen LogP contribution >= 0.6 is 0 Å². The minimum atomic E-state index is 0.786. The van der Waals surface area contributed by atoms with E-state index in [1.165, 1.54) is 38.8 Å². The van der Waals surface area contributed by atoms with Gasteiger partial charge in [0.2, 0.25) is 6.41 Å². The lowest BCUT2D eigenvalue weighted by Crippen LogP contribution is -2.15. The van der Waals surface area contributed by atoms with Crippen molar-refractivity contribution in [3.8, 4) is 0 Å². The fraction of sp³-hybridized carbons (Fsp3) is 0.900. The Morgan fingerprint density at radius 2 is 2.31 bits per heavy atom. The van der Waals surface area contributed by atoms with Gasteiger partial charge in [-0.15, -0.1) is 0 Å². The quantitative estimate of drug-likeness (QED) is 0.492. The van der Waals surface area contributed by atoms with E-state index in [-0.39, 0.29) is 0 Å². The molecule has 1 aliphatic rings. The van der Waals surface area contributed by atoms with E-state index in [1.54, 1.807) is 0 Å². The summed E-state index contributed by atoms with van der Waals surface area (Å²) < 4.78 is 0. The monoisotopic (exact) mass is 184 g/mol. The van der Waals surface area contributed by atoms with Crippen molar-refractivity contribution < 1.29 is 4.79 Å². The van der Waals surface area contributed by atoms with Gasteiger partial charge in [0.25, 0.3) is 0 Å². The number of hydrogen-bond donors (Lipinski definition) is 2. The van der Waals surface area contributed by atoms with Gasteiger partial charge >= 0.3 is 0 Å². The molecule has 0 spiro atoms. The van der Waals surface area contributed by atoms with Crippen molar-refractivity contribution >= 4 is 6.41 Å². The molecule has 1 unspecified atom stereocenters. The van der Waals surface area contributed by atoms with Crippen LogP contribution in [0.3, 0.4) is 0 Å². The number of carbonyl (C=O) groups excluding carboxylic acids is 1. The standard InChI is InChI=1S/C10H20N2O/c13-9-12-7-2-4-10-3-1-6-11-8-5-10/h9-11H,1-8H2,(H,12,13). The second-order valence-electron chi connectivity index (χ2n) is 3.76. The SMILES string of the molecule is O=CNCCCC1CCCNCC1. The molecule has 1 rings (SSSR count). The third kappa shape index (κ3) is 4.88. The third-order valence-electron chi connectivity index (χ3n) is 2.71. The first-order chi connectivity index (χ1) is 6.43. The van der Waals surface area contributed by atoms with E-state index in [0.29, 0.717) is 0 Å². The number of hydrogen-bond acceptors (Lipinski definition) is 2. The van der Waals surface area contributed by atoms with Crippen molar-refractivity contribution in [1.82, 2.24) is 10.6 Å². The summed E-state index contributed by atoms with van der Waals surface area (Å²) in [6.07, 6.45) is 7.15. The van der Waals surface area contributed by atoms with E-state index in [0.717, 1.165) is 25.3 Å². The molecule has 0 saturated carbocycles. The molecule has 1 atom stereocenters. The van der Waals surface area contributed by atoms with E-state index in [4.69, 9.17) is 0 Å². The zero-order valence-electron chi connectivity index (χ0n) is 8.22. The molecular weight excluding hydrogens is 164 g/mol. The topological polar surface area (TPSA) is 41.1 Å². The smallest absolute Gasteiger partial charge is 0.207 e. The zero-order valence-corrected chi connectivity index (χ0v) is 8.22. The predicted octanol–water partition coefficient (Wildman–Crippen LogP) is 0.902. The highest BCUT2D eigenvalue weighted by molar-refractivity contribution is 5.45. The molecule has 76 valence electrons. The minimum absolute atomic E-state index is 0.786. The molecule has 1 amide bonds. The second kappa shape index (κ2) is 6.89. The number of nitrogens with one attached hydrogen (secondary N) is 2. The summed E-state index contributed by atoms with van der Waals surface area (Å²) in [7, 11) is 0. The van der Waals surface area contributed by atoms with Gasteiger partial charge in [-0.1, -0.05) is 0 Å². The lowest BCUT2D eigenvalue weighted by molar-refractivity contribution is -0.109. The first-order valence-corrected chi connectivity index (χ1v) is 5.31. The Hall–Kier alpha value is -0.570. The minimum Gasteiger partial charge on any atom is -0.359 e. The van der Waals surface area contributed by atoms with Crippen molar-refractivity contribution in [3.63, 3.8) is 0 Å². The molecule has 13 heavy (non-hydrogen) atoms. The Balaban J connectivity index is 2.01. The molecule has 1 heterocycles. The van der Waals surface area contributed by atoms with E-state index < -0.39 is 0 Å². The third-order valence-corrected chi connectivity index (χ3v) is 2.71. The van der Waals surface area contributed by atoms with Gasteiger partial charge in [-0.2, -0.15) is 0 Å². The molecule has 0 bridgehead atoms. The summed E-state index contributed by atoms with van der Waals surface area (Å²) in [4.78, 5) is 9.99. The molecule has 0 aromatic rings. The molecule has 3 nitrogen and oxygen atoms in total. The van der Waals surface area contributed by atoms with Crippen molar-refractivity contribution in [2.75, 3.05) is 19.6 Å². The predicted molar refractivity (Wildman–Crippen MR) is 53.5 cm³/mol. The highest BCUT2D eigenvalue weighted by Crippen LogP contribution is 2.18. The molecule has 1 fully saturated rings. The van der Waals surface area contributed by atoms with Gasteiger partial charge in [0.15, 0.2) is 0 Å². The lowest BCUT2D eigenvalue weighted by atomic mass is 9.95. The van der Waals surface area contributed by atoms with E-state index in [9.17, 15) is 4.79 Å². The average molecular weight is 184 g/mol. The van der Waals surface area contributed by atoms with Crippen molar-refractivity contribution in [1.29, 1.82) is 0 Å². The van der Waals surface area contributed by atoms with Gasteiger partial charge in [0.05, 0.1) is 0 Å². The van der Waals surface area contributed by atoms with Gasteiger partial charge in [-0.25, -0.2) is 0 Å². The Kier molecular flexibility index (Phi) is 5.57. The van der Waals surface area contributed by atoms with Gasteiger partial charge in [-0.05, 0) is 51.1 Å². The van der Waals surface area contributed by atoms with Gasteiger partial charge in [0, 0.05) is 6.54 Å². The molecule has 1 aliphatic heterocycles. The Morgan fingerprint density at radius 3 is 3.15 bits per heavy atom. The first kappa shape index (κ1) is 10.5. The highest BCUT2D eigenvalue weighted by Gasteiger charge is 2.10. The first-order valence-electron chi connectivity index (χ1n) is 5.31. The van der Waals surface area contributed by atoms with Crippen LogP contribution in [0.4, 0.5) is 0 Å². The number of rotatable bonds is 5. The summed E-state index contributed by atoms with van der Waals surface area (Å²) >= 11 is 0. The fourth-order valence-electron chi connectivity index (χ4n) is 1.93. The Morgan fingerprint density at radius 1 is 1.38 bits per heavy atom. The average Bonchev–Trinajstić information content (AvgIpc) is 2.41.